The molecule has 0 saturated carbocycles. The van der Waals surface area contributed by atoms with Crippen LogP contribution in [0, 0.1) is 5.41 Å². The molecule has 0 saturated heterocycles. The molecule has 0 unspecified atom stereocenters. The maximum atomic E-state index is 4.07. The van der Waals surface area contributed by atoms with Crippen LogP contribution in [0.1, 0.15) is 89.5 Å². The van der Waals surface area contributed by atoms with Crippen molar-refractivity contribution < 1.29 is 0 Å². The second-order valence-electron chi connectivity index (χ2n) is 5.25. The van der Waals surface area contributed by atoms with Crippen molar-refractivity contribution in [2.45, 2.75) is 89.5 Å². The van der Waals surface area contributed by atoms with Crippen LogP contribution in [-0.4, -0.2) is 0 Å². The minimum absolute atomic E-state index is 0.327. The molecule has 0 amide bonds. The van der Waals surface area contributed by atoms with Gasteiger partial charge in [0.25, 0.3) is 0 Å². The first-order valence-electron chi connectivity index (χ1n) is 8.31. The highest BCUT2D eigenvalue weighted by molar-refractivity contribution is 5.52. The third-order valence-corrected chi connectivity index (χ3v) is 3.51. The Bertz CT molecular complexity index is 335. The van der Waals surface area contributed by atoms with Crippen molar-refractivity contribution in [3.8, 4) is 0 Å². The molecule has 1 aliphatic carbocycles. The summed E-state index contributed by atoms with van der Waals surface area (Å²) in [6.45, 7) is 29.5. The molecule has 0 aliphatic heterocycles. The van der Waals surface area contributed by atoms with Crippen LogP contribution in [0.15, 0.2) is 34.4 Å². The third-order valence-electron chi connectivity index (χ3n) is 3.51. The van der Waals surface area contributed by atoms with Crippen molar-refractivity contribution in [2.24, 2.45) is 5.41 Å². The second kappa shape index (κ2) is 12.0. The molecular formula is C20H40. The molecule has 0 heteroatoms. The molecule has 1 aliphatic rings. The fourth-order valence-corrected chi connectivity index (χ4v) is 2.58. The van der Waals surface area contributed by atoms with E-state index in [1.165, 1.54) is 34.3 Å². The Morgan fingerprint density at radius 2 is 1.25 bits per heavy atom. The Hall–Kier alpha value is -0.780. The quantitative estimate of drug-likeness (QED) is 0.461. The predicted molar refractivity (Wildman–Crippen MR) is 98.3 cm³/mol. The topological polar surface area (TPSA) is 0 Å². The highest BCUT2D eigenvalue weighted by Gasteiger charge is 2.28. The summed E-state index contributed by atoms with van der Waals surface area (Å²) in [4.78, 5) is 0. The van der Waals surface area contributed by atoms with Crippen LogP contribution in [0.5, 0.6) is 0 Å². The van der Waals surface area contributed by atoms with E-state index in [1.54, 1.807) is 0 Å². The standard InChI is InChI=1S/C14H22.3C2H6/c1-9(2)13-10(3)8-14(6,7)12(5)11(13)4;3*1-2/h1,8H2,2-7H3;3*1-2H3. The minimum atomic E-state index is 0.327. The Morgan fingerprint density at radius 1 is 0.900 bits per heavy atom. The molecule has 0 nitrogen and oxygen atoms in total. The Labute approximate surface area is 130 Å². The van der Waals surface area contributed by atoms with E-state index in [-0.39, 0.29) is 0 Å². The van der Waals surface area contributed by atoms with E-state index in [2.05, 4.69) is 48.1 Å². The van der Waals surface area contributed by atoms with Crippen molar-refractivity contribution in [1.29, 1.82) is 0 Å². The van der Waals surface area contributed by atoms with E-state index >= 15 is 0 Å². The van der Waals surface area contributed by atoms with Gasteiger partial charge in [-0.1, -0.05) is 78.7 Å². The fourth-order valence-electron chi connectivity index (χ4n) is 2.58. The van der Waals surface area contributed by atoms with Crippen LogP contribution < -0.4 is 0 Å². The normalized spacial score (nSPS) is 16.0. The molecule has 0 fully saturated rings. The summed E-state index contributed by atoms with van der Waals surface area (Å²) in [7, 11) is 0. The van der Waals surface area contributed by atoms with Gasteiger partial charge in [-0.15, -0.1) is 0 Å². The van der Waals surface area contributed by atoms with E-state index in [0.29, 0.717) is 5.41 Å². The second-order valence-corrected chi connectivity index (χ2v) is 5.25. The van der Waals surface area contributed by atoms with Crippen LogP contribution in [0.25, 0.3) is 0 Å². The van der Waals surface area contributed by atoms with E-state index in [1.807, 2.05) is 41.5 Å². The smallest absolute Gasteiger partial charge is 0.0104 e. The van der Waals surface area contributed by atoms with Gasteiger partial charge in [0.15, 0.2) is 0 Å². The number of hydrogen-bond donors (Lipinski definition) is 0. The van der Waals surface area contributed by atoms with E-state index in [4.69, 9.17) is 0 Å². The van der Waals surface area contributed by atoms with Crippen LogP contribution >= 0.6 is 0 Å². The molecule has 0 atom stereocenters. The first-order chi connectivity index (χ1) is 9.27. The van der Waals surface area contributed by atoms with Gasteiger partial charge in [-0.3, -0.25) is 0 Å². The predicted octanol–water partition coefficient (Wildman–Crippen LogP) is 7.72. The molecule has 0 aromatic carbocycles. The summed E-state index contributed by atoms with van der Waals surface area (Å²) < 4.78 is 0. The average molecular weight is 281 g/mol. The monoisotopic (exact) mass is 280 g/mol. The van der Waals surface area contributed by atoms with Crippen molar-refractivity contribution in [2.75, 3.05) is 0 Å². The lowest BCUT2D eigenvalue weighted by Gasteiger charge is -2.35. The van der Waals surface area contributed by atoms with Crippen LogP contribution in [-0.2, 0) is 0 Å². The Morgan fingerprint density at radius 3 is 1.55 bits per heavy atom. The van der Waals surface area contributed by atoms with Crippen LogP contribution in [0.4, 0.5) is 0 Å². The largest absolute Gasteiger partial charge is 0.0955 e. The summed E-state index contributed by atoms with van der Waals surface area (Å²) >= 11 is 0. The van der Waals surface area contributed by atoms with Gasteiger partial charge in [0.05, 0.1) is 0 Å². The zero-order valence-corrected chi connectivity index (χ0v) is 16.4. The maximum absolute atomic E-state index is 4.07. The number of allylic oxidation sites excluding steroid dienone is 5. The molecule has 120 valence electrons. The molecular weight excluding hydrogens is 240 g/mol. The summed E-state index contributed by atoms with van der Waals surface area (Å²) in [5.41, 5.74) is 7.38. The Balaban J connectivity index is -0.000000425. The van der Waals surface area contributed by atoms with Gasteiger partial charge in [0.1, 0.15) is 0 Å². The van der Waals surface area contributed by atoms with Gasteiger partial charge in [0, 0.05) is 0 Å². The lowest BCUT2D eigenvalue weighted by Crippen LogP contribution is -2.20. The van der Waals surface area contributed by atoms with Gasteiger partial charge < -0.3 is 0 Å². The molecule has 0 aromatic heterocycles. The zero-order chi connectivity index (χ0) is 17.1. The lowest BCUT2D eigenvalue weighted by atomic mass is 9.70. The highest BCUT2D eigenvalue weighted by Crippen LogP contribution is 2.44. The third kappa shape index (κ3) is 6.59. The molecule has 0 N–H and O–H groups in total. The molecule has 0 bridgehead atoms. The first-order valence-corrected chi connectivity index (χ1v) is 8.31. The van der Waals surface area contributed by atoms with Gasteiger partial charge >= 0.3 is 0 Å². The van der Waals surface area contributed by atoms with Gasteiger partial charge in [-0.2, -0.15) is 0 Å². The van der Waals surface area contributed by atoms with Crippen molar-refractivity contribution in [3.05, 3.63) is 34.4 Å². The average Bonchev–Trinajstić information content (AvgIpc) is 2.42. The first kappa shape index (κ1) is 24.3. The zero-order valence-electron chi connectivity index (χ0n) is 16.4. The fraction of sp³-hybridized carbons (Fsp3) is 0.700. The molecule has 0 aromatic rings. The SMILES string of the molecule is C=C(C)C1=C(C)CC(C)(C)C(C)=C1C.CC.CC.CC. The highest BCUT2D eigenvalue weighted by atomic mass is 14.3. The van der Waals surface area contributed by atoms with E-state index < -0.39 is 0 Å². The minimum Gasteiger partial charge on any atom is -0.0955 e. The van der Waals surface area contributed by atoms with E-state index in [9.17, 15) is 0 Å². The number of rotatable bonds is 1. The molecule has 20 heavy (non-hydrogen) atoms. The van der Waals surface area contributed by atoms with Crippen molar-refractivity contribution >= 4 is 0 Å². The molecule has 0 radical (unpaired) electrons. The molecule has 0 spiro atoms. The lowest BCUT2D eigenvalue weighted by molar-refractivity contribution is 0.429. The van der Waals surface area contributed by atoms with Gasteiger partial charge in [-0.05, 0) is 50.7 Å². The van der Waals surface area contributed by atoms with Crippen LogP contribution in [0.3, 0.4) is 0 Å². The summed E-state index contributed by atoms with van der Waals surface area (Å²) in [5.74, 6) is 0. The van der Waals surface area contributed by atoms with Gasteiger partial charge in [0.2, 0.25) is 0 Å². The van der Waals surface area contributed by atoms with Gasteiger partial charge in [-0.25, -0.2) is 0 Å². The van der Waals surface area contributed by atoms with Crippen molar-refractivity contribution in [3.63, 3.8) is 0 Å². The summed E-state index contributed by atoms with van der Waals surface area (Å²) in [6, 6.07) is 0. The summed E-state index contributed by atoms with van der Waals surface area (Å²) in [5, 5.41) is 0. The van der Waals surface area contributed by atoms with Crippen molar-refractivity contribution in [1.82, 2.24) is 0 Å². The summed E-state index contributed by atoms with van der Waals surface area (Å²) in [6.07, 6.45) is 1.17. The number of hydrogen-bond acceptors (Lipinski definition) is 0. The molecule has 0 heterocycles. The Kier molecular flexibility index (Phi) is 14.5. The van der Waals surface area contributed by atoms with Crippen LogP contribution in [0.2, 0.25) is 0 Å². The van der Waals surface area contributed by atoms with E-state index in [0.717, 1.165) is 0 Å². The molecule has 1 rings (SSSR count). The maximum Gasteiger partial charge on any atom is -0.0104 e.